The Labute approximate surface area is 273 Å². The lowest BCUT2D eigenvalue weighted by Crippen LogP contribution is -2.58. The third-order valence-corrected chi connectivity index (χ3v) is 9.31. The van der Waals surface area contributed by atoms with Crippen molar-refractivity contribution in [1.82, 2.24) is 30.3 Å². The predicted octanol–water partition coefficient (Wildman–Crippen LogP) is 4.22. The number of nitrogens with zero attached hydrogens (tertiary/aromatic N) is 5. The molecule has 2 amide bonds. The Balaban J connectivity index is 1.09. The van der Waals surface area contributed by atoms with Crippen molar-refractivity contribution >= 4 is 39.9 Å². The van der Waals surface area contributed by atoms with Crippen molar-refractivity contribution in [3.63, 3.8) is 0 Å². The first kappa shape index (κ1) is 30.0. The van der Waals surface area contributed by atoms with Gasteiger partial charge in [-0.25, -0.2) is 9.67 Å². The van der Waals surface area contributed by atoms with E-state index in [1.165, 1.54) is 16.3 Å². The number of nitrogens with one attached hydrogen (secondary N) is 2. The monoisotopic (exact) mass is 633 g/mol. The van der Waals surface area contributed by atoms with Crippen LogP contribution in [0.4, 0.5) is 5.69 Å². The van der Waals surface area contributed by atoms with Gasteiger partial charge in [-0.15, -0.1) is 0 Å². The lowest BCUT2D eigenvalue weighted by atomic mass is 9.95. The van der Waals surface area contributed by atoms with Crippen molar-refractivity contribution in [1.29, 1.82) is 0 Å². The Bertz CT molecular complexity index is 1840. The smallest absolute Gasteiger partial charge is 0.245 e. The standard InChI is InChI=1S/C36H36ClN7O2/c37-30-13-9-25(10-14-30)19-33(41-35(45)32-20-27-6-1-2-7-28(27)21-39-32)36(46)43-17-15-42(16-18-43)34-29(22-44-24-38-23-40-44)12-11-26-5-3-4-8-31(26)34/h1-14,23-24,32-33,39H,15-22H2,(H,41,45)/t32-,33-/m1/s1. The second-order valence-corrected chi connectivity index (χ2v) is 12.4. The highest BCUT2D eigenvalue weighted by Gasteiger charge is 2.32. The zero-order valence-electron chi connectivity index (χ0n) is 25.5. The van der Waals surface area contributed by atoms with Gasteiger partial charge in [-0.2, -0.15) is 5.10 Å². The lowest BCUT2D eigenvalue weighted by molar-refractivity contribution is -0.137. The molecule has 0 bridgehead atoms. The second-order valence-electron chi connectivity index (χ2n) is 12.0. The van der Waals surface area contributed by atoms with Gasteiger partial charge in [0.05, 0.1) is 12.6 Å². The molecule has 5 aromatic rings. The molecule has 9 nitrogen and oxygen atoms in total. The van der Waals surface area contributed by atoms with Gasteiger partial charge in [0.2, 0.25) is 11.8 Å². The minimum absolute atomic E-state index is 0.0695. The Morgan fingerprint density at radius 3 is 2.46 bits per heavy atom. The molecule has 4 aromatic carbocycles. The Morgan fingerprint density at radius 1 is 0.913 bits per heavy atom. The van der Waals surface area contributed by atoms with Gasteiger partial charge in [-0.05, 0) is 46.2 Å². The van der Waals surface area contributed by atoms with Crippen molar-refractivity contribution in [2.45, 2.75) is 38.0 Å². The van der Waals surface area contributed by atoms with Crippen LogP contribution in [0.5, 0.6) is 0 Å². The quantitative estimate of drug-likeness (QED) is 0.266. The van der Waals surface area contributed by atoms with Gasteiger partial charge in [-0.3, -0.25) is 9.59 Å². The van der Waals surface area contributed by atoms with Crippen molar-refractivity contribution in [2.75, 3.05) is 31.1 Å². The van der Waals surface area contributed by atoms with Crippen LogP contribution in [0.3, 0.4) is 0 Å². The molecule has 2 atom stereocenters. The third kappa shape index (κ3) is 6.47. The van der Waals surface area contributed by atoms with Crippen LogP contribution in [0.1, 0.15) is 22.3 Å². The highest BCUT2D eigenvalue weighted by molar-refractivity contribution is 6.30. The summed E-state index contributed by atoms with van der Waals surface area (Å²) >= 11 is 6.15. The van der Waals surface area contributed by atoms with E-state index in [2.05, 4.69) is 74.1 Å². The molecule has 1 fully saturated rings. The fourth-order valence-corrected chi connectivity index (χ4v) is 6.76. The van der Waals surface area contributed by atoms with E-state index in [4.69, 9.17) is 11.6 Å². The van der Waals surface area contributed by atoms with E-state index in [1.807, 2.05) is 46.0 Å². The molecule has 1 aromatic heterocycles. The van der Waals surface area contributed by atoms with E-state index in [0.29, 0.717) is 57.1 Å². The molecule has 2 aliphatic rings. The molecule has 46 heavy (non-hydrogen) atoms. The summed E-state index contributed by atoms with van der Waals surface area (Å²) in [7, 11) is 0. The summed E-state index contributed by atoms with van der Waals surface area (Å²) in [6, 6.07) is 27.2. The Hall–Kier alpha value is -4.73. The average molecular weight is 634 g/mol. The van der Waals surface area contributed by atoms with E-state index in [9.17, 15) is 9.59 Å². The summed E-state index contributed by atoms with van der Waals surface area (Å²) in [6.45, 7) is 3.67. The summed E-state index contributed by atoms with van der Waals surface area (Å²) in [5.41, 5.74) is 5.62. The van der Waals surface area contributed by atoms with Crippen LogP contribution in [-0.4, -0.2) is 69.7 Å². The number of aromatic nitrogens is 3. The number of rotatable bonds is 8. The summed E-state index contributed by atoms with van der Waals surface area (Å²) < 4.78 is 1.83. The summed E-state index contributed by atoms with van der Waals surface area (Å²) in [5.74, 6) is -0.228. The molecule has 7 rings (SSSR count). The third-order valence-electron chi connectivity index (χ3n) is 9.06. The number of carbonyl (C=O) groups is 2. The molecule has 0 radical (unpaired) electrons. The first-order chi connectivity index (χ1) is 22.5. The van der Waals surface area contributed by atoms with Gasteiger partial charge in [0.15, 0.2) is 0 Å². The molecular weight excluding hydrogens is 598 g/mol. The Morgan fingerprint density at radius 2 is 1.67 bits per heavy atom. The van der Waals surface area contributed by atoms with E-state index in [1.54, 1.807) is 12.7 Å². The van der Waals surface area contributed by atoms with E-state index >= 15 is 0 Å². The number of fused-ring (bicyclic) bond motifs is 2. The van der Waals surface area contributed by atoms with Crippen LogP contribution in [0.2, 0.25) is 5.02 Å². The zero-order valence-corrected chi connectivity index (χ0v) is 26.2. The largest absolute Gasteiger partial charge is 0.367 e. The summed E-state index contributed by atoms with van der Waals surface area (Å²) in [4.78, 5) is 36.1. The minimum Gasteiger partial charge on any atom is -0.367 e. The van der Waals surface area contributed by atoms with Gasteiger partial charge in [0.25, 0.3) is 0 Å². The van der Waals surface area contributed by atoms with E-state index in [-0.39, 0.29) is 11.8 Å². The SMILES string of the molecule is O=C(N[C@H](Cc1ccc(Cl)cc1)C(=O)N1CCN(c2c(Cn3cncn3)ccc3ccccc23)CC1)[C@H]1Cc2ccccc2CN1. The number of carbonyl (C=O) groups excluding carboxylic acids is 2. The van der Waals surface area contributed by atoms with E-state index in [0.717, 1.165) is 22.4 Å². The number of hydrogen-bond acceptors (Lipinski definition) is 6. The van der Waals surface area contributed by atoms with Crippen LogP contribution < -0.4 is 15.5 Å². The lowest BCUT2D eigenvalue weighted by Gasteiger charge is -2.39. The van der Waals surface area contributed by atoms with Gasteiger partial charge < -0.3 is 20.4 Å². The number of amides is 2. The molecule has 2 N–H and O–H groups in total. The van der Waals surface area contributed by atoms with Gasteiger partial charge in [-0.1, -0.05) is 84.4 Å². The van der Waals surface area contributed by atoms with Crippen LogP contribution in [-0.2, 0) is 35.5 Å². The molecule has 3 heterocycles. The van der Waals surface area contributed by atoms with Gasteiger partial charge >= 0.3 is 0 Å². The number of benzene rings is 4. The normalized spacial score (nSPS) is 17.0. The van der Waals surface area contributed by atoms with Crippen molar-refractivity contribution in [3.05, 3.63) is 125 Å². The second kappa shape index (κ2) is 13.3. The topological polar surface area (TPSA) is 95.4 Å². The maximum atomic E-state index is 14.1. The fourth-order valence-electron chi connectivity index (χ4n) is 6.63. The molecule has 0 aliphatic carbocycles. The van der Waals surface area contributed by atoms with Crippen molar-refractivity contribution in [2.24, 2.45) is 0 Å². The first-order valence-corrected chi connectivity index (χ1v) is 16.1. The Kier molecular flexibility index (Phi) is 8.68. The van der Waals surface area contributed by atoms with Gasteiger partial charge in [0, 0.05) is 55.2 Å². The fraction of sp³-hybridized carbons (Fsp3) is 0.278. The van der Waals surface area contributed by atoms with Crippen LogP contribution in [0.25, 0.3) is 10.8 Å². The van der Waals surface area contributed by atoms with Crippen LogP contribution in [0.15, 0.2) is 97.6 Å². The molecule has 10 heteroatoms. The van der Waals surface area contributed by atoms with Crippen molar-refractivity contribution in [3.8, 4) is 0 Å². The number of anilines is 1. The number of piperazine rings is 1. The molecule has 0 unspecified atom stereocenters. The molecule has 234 valence electrons. The molecule has 0 saturated carbocycles. The van der Waals surface area contributed by atoms with Crippen molar-refractivity contribution < 1.29 is 9.59 Å². The minimum atomic E-state index is -0.695. The molecule has 1 saturated heterocycles. The first-order valence-electron chi connectivity index (χ1n) is 15.7. The average Bonchev–Trinajstić information content (AvgIpc) is 3.61. The summed E-state index contributed by atoms with van der Waals surface area (Å²) in [6.07, 6.45) is 4.25. The summed E-state index contributed by atoms with van der Waals surface area (Å²) in [5, 5.41) is 13.8. The zero-order chi connectivity index (χ0) is 31.5. The van der Waals surface area contributed by atoms with Gasteiger partial charge in [0.1, 0.15) is 18.7 Å². The van der Waals surface area contributed by atoms with Crippen LogP contribution in [0, 0.1) is 0 Å². The van der Waals surface area contributed by atoms with Crippen LogP contribution >= 0.6 is 11.6 Å². The highest BCUT2D eigenvalue weighted by Crippen LogP contribution is 2.32. The maximum absolute atomic E-state index is 14.1. The van der Waals surface area contributed by atoms with E-state index < -0.39 is 12.1 Å². The molecule has 0 spiro atoms. The number of halogens is 1. The highest BCUT2D eigenvalue weighted by atomic mass is 35.5. The predicted molar refractivity (Wildman–Crippen MR) is 180 cm³/mol. The maximum Gasteiger partial charge on any atom is 0.245 e. The molecular formula is C36H36ClN7O2. The number of hydrogen-bond donors (Lipinski definition) is 2. The molecule has 2 aliphatic heterocycles.